The minimum atomic E-state index is -0.404. The summed E-state index contributed by atoms with van der Waals surface area (Å²) in [5, 5.41) is 0. The Labute approximate surface area is 117 Å². The molecule has 0 saturated heterocycles. The van der Waals surface area contributed by atoms with Gasteiger partial charge in [-0.25, -0.2) is 4.79 Å². The first-order valence-electron chi connectivity index (χ1n) is 6.04. The second kappa shape index (κ2) is 7.79. The van der Waals surface area contributed by atoms with Gasteiger partial charge in [-0.3, -0.25) is 4.79 Å². The molecule has 0 heterocycles. The lowest BCUT2D eigenvalue weighted by molar-refractivity contribution is -0.143. The zero-order valence-corrected chi connectivity index (χ0v) is 11.8. The summed E-state index contributed by atoms with van der Waals surface area (Å²) < 4.78 is 9.54. The van der Waals surface area contributed by atoms with Crippen LogP contribution in [0.25, 0.3) is 0 Å². The van der Waals surface area contributed by atoms with E-state index in [1.165, 1.54) is 7.11 Å². The normalized spacial score (nSPS) is 10.1. The Balaban J connectivity index is 2.84. The standard InChI is InChI=1S/C14H17ClO4/c1-3-19-13(16)7-6-10-8-11(14(17)18-2)4-5-12(10)9-15/h4-5,8H,3,6-7,9H2,1-2H3. The van der Waals surface area contributed by atoms with Gasteiger partial charge in [-0.2, -0.15) is 0 Å². The number of methoxy groups -OCH3 is 1. The van der Waals surface area contributed by atoms with Gasteiger partial charge in [-0.1, -0.05) is 6.07 Å². The van der Waals surface area contributed by atoms with Crippen LogP contribution in [0, 0.1) is 0 Å². The van der Waals surface area contributed by atoms with Crippen molar-refractivity contribution in [2.75, 3.05) is 13.7 Å². The molecular formula is C14H17ClO4. The topological polar surface area (TPSA) is 52.6 Å². The van der Waals surface area contributed by atoms with Gasteiger partial charge in [-0.15, -0.1) is 11.6 Å². The average Bonchev–Trinajstić information content (AvgIpc) is 2.44. The van der Waals surface area contributed by atoms with Gasteiger partial charge >= 0.3 is 11.9 Å². The highest BCUT2D eigenvalue weighted by molar-refractivity contribution is 6.17. The molecule has 1 aromatic rings. The number of alkyl halides is 1. The highest BCUT2D eigenvalue weighted by Gasteiger charge is 2.11. The van der Waals surface area contributed by atoms with E-state index in [4.69, 9.17) is 16.3 Å². The molecule has 0 spiro atoms. The molecule has 0 amide bonds. The number of esters is 2. The molecule has 0 N–H and O–H groups in total. The zero-order valence-electron chi connectivity index (χ0n) is 11.1. The first kappa shape index (κ1) is 15.5. The molecule has 5 heteroatoms. The number of benzene rings is 1. The molecule has 0 aromatic heterocycles. The Bertz CT molecular complexity index is 457. The molecule has 0 aliphatic rings. The largest absolute Gasteiger partial charge is 0.466 e. The van der Waals surface area contributed by atoms with Gasteiger partial charge < -0.3 is 9.47 Å². The van der Waals surface area contributed by atoms with Gasteiger partial charge in [0.1, 0.15) is 0 Å². The van der Waals surface area contributed by atoms with E-state index in [1.54, 1.807) is 25.1 Å². The van der Waals surface area contributed by atoms with E-state index >= 15 is 0 Å². The monoisotopic (exact) mass is 284 g/mol. The molecule has 0 unspecified atom stereocenters. The Morgan fingerprint density at radius 1 is 1.26 bits per heavy atom. The summed E-state index contributed by atoms with van der Waals surface area (Å²) in [5.74, 6) is -0.329. The summed E-state index contributed by atoms with van der Waals surface area (Å²) in [6.45, 7) is 2.13. The van der Waals surface area contributed by atoms with Crippen LogP contribution in [0.15, 0.2) is 18.2 Å². The van der Waals surface area contributed by atoms with Crippen LogP contribution in [0.2, 0.25) is 0 Å². The SMILES string of the molecule is CCOC(=O)CCc1cc(C(=O)OC)ccc1CCl. The number of halogens is 1. The van der Waals surface area contributed by atoms with E-state index in [2.05, 4.69) is 4.74 Å². The Morgan fingerprint density at radius 2 is 2.00 bits per heavy atom. The summed E-state index contributed by atoms with van der Waals surface area (Å²) in [5.41, 5.74) is 2.22. The number of carbonyl (C=O) groups is 2. The fraction of sp³-hybridized carbons (Fsp3) is 0.429. The van der Waals surface area contributed by atoms with Crippen molar-refractivity contribution in [3.8, 4) is 0 Å². The lowest BCUT2D eigenvalue weighted by Crippen LogP contribution is -2.08. The molecule has 0 saturated carbocycles. The molecule has 0 fully saturated rings. The third kappa shape index (κ3) is 4.56. The van der Waals surface area contributed by atoms with Crippen molar-refractivity contribution in [2.24, 2.45) is 0 Å². The van der Waals surface area contributed by atoms with Crippen molar-refractivity contribution in [3.05, 3.63) is 34.9 Å². The Kier molecular flexibility index (Phi) is 6.36. The number of hydrogen-bond donors (Lipinski definition) is 0. The van der Waals surface area contributed by atoms with Crippen molar-refractivity contribution in [2.45, 2.75) is 25.6 Å². The van der Waals surface area contributed by atoms with E-state index in [9.17, 15) is 9.59 Å². The van der Waals surface area contributed by atoms with Crippen molar-refractivity contribution >= 4 is 23.5 Å². The van der Waals surface area contributed by atoms with Gasteiger partial charge in [0.15, 0.2) is 0 Å². The van der Waals surface area contributed by atoms with Gasteiger partial charge in [0.2, 0.25) is 0 Å². The summed E-state index contributed by atoms with van der Waals surface area (Å²) in [4.78, 5) is 22.8. The van der Waals surface area contributed by atoms with Gasteiger partial charge in [-0.05, 0) is 36.6 Å². The van der Waals surface area contributed by atoms with Crippen LogP contribution in [-0.4, -0.2) is 25.7 Å². The number of aryl methyl sites for hydroxylation is 1. The lowest BCUT2D eigenvalue weighted by Gasteiger charge is -2.09. The highest BCUT2D eigenvalue weighted by atomic mass is 35.5. The average molecular weight is 285 g/mol. The smallest absolute Gasteiger partial charge is 0.337 e. The molecule has 1 aromatic carbocycles. The lowest BCUT2D eigenvalue weighted by atomic mass is 10.0. The van der Waals surface area contributed by atoms with Gasteiger partial charge in [0.25, 0.3) is 0 Å². The number of carbonyl (C=O) groups excluding carboxylic acids is 2. The number of ether oxygens (including phenoxy) is 2. The van der Waals surface area contributed by atoms with Gasteiger partial charge in [0.05, 0.1) is 19.3 Å². The summed E-state index contributed by atoms with van der Waals surface area (Å²) in [6, 6.07) is 5.15. The fourth-order valence-electron chi connectivity index (χ4n) is 1.70. The van der Waals surface area contributed by atoms with Gasteiger partial charge in [0, 0.05) is 12.3 Å². The van der Waals surface area contributed by atoms with E-state index in [0.29, 0.717) is 24.5 Å². The maximum absolute atomic E-state index is 11.5. The molecule has 4 nitrogen and oxygen atoms in total. The summed E-state index contributed by atoms with van der Waals surface area (Å²) in [7, 11) is 1.33. The molecule has 0 atom stereocenters. The molecule has 0 bridgehead atoms. The van der Waals surface area contributed by atoms with E-state index in [-0.39, 0.29) is 12.4 Å². The van der Waals surface area contributed by atoms with Crippen LogP contribution < -0.4 is 0 Å². The molecular weight excluding hydrogens is 268 g/mol. The van der Waals surface area contributed by atoms with Crippen molar-refractivity contribution in [1.82, 2.24) is 0 Å². The first-order valence-corrected chi connectivity index (χ1v) is 6.57. The third-order valence-corrected chi connectivity index (χ3v) is 2.96. The molecule has 104 valence electrons. The van der Waals surface area contributed by atoms with E-state index < -0.39 is 5.97 Å². The highest BCUT2D eigenvalue weighted by Crippen LogP contribution is 2.17. The van der Waals surface area contributed by atoms with Crippen molar-refractivity contribution in [3.63, 3.8) is 0 Å². The maximum atomic E-state index is 11.5. The number of rotatable bonds is 6. The molecule has 1 rings (SSSR count). The zero-order chi connectivity index (χ0) is 14.3. The molecule has 19 heavy (non-hydrogen) atoms. The first-order chi connectivity index (χ1) is 9.12. The minimum absolute atomic E-state index is 0.258. The molecule has 0 aliphatic carbocycles. The summed E-state index contributed by atoms with van der Waals surface area (Å²) >= 11 is 5.84. The molecule has 0 aliphatic heterocycles. The second-order valence-corrected chi connectivity index (χ2v) is 4.18. The predicted molar refractivity (Wildman–Crippen MR) is 72.3 cm³/mol. The summed E-state index contributed by atoms with van der Waals surface area (Å²) in [6.07, 6.45) is 0.758. The fourth-order valence-corrected chi connectivity index (χ4v) is 1.96. The van der Waals surface area contributed by atoms with E-state index in [0.717, 1.165) is 11.1 Å². The van der Waals surface area contributed by atoms with Crippen LogP contribution in [0.5, 0.6) is 0 Å². The van der Waals surface area contributed by atoms with E-state index in [1.807, 2.05) is 0 Å². The maximum Gasteiger partial charge on any atom is 0.337 e. The van der Waals surface area contributed by atoms with Crippen LogP contribution in [-0.2, 0) is 26.6 Å². The van der Waals surface area contributed by atoms with Crippen LogP contribution >= 0.6 is 11.6 Å². The van der Waals surface area contributed by atoms with Crippen molar-refractivity contribution in [1.29, 1.82) is 0 Å². The molecule has 0 radical (unpaired) electrons. The second-order valence-electron chi connectivity index (χ2n) is 3.91. The van der Waals surface area contributed by atoms with Crippen LogP contribution in [0.1, 0.15) is 34.8 Å². The minimum Gasteiger partial charge on any atom is -0.466 e. The third-order valence-electron chi connectivity index (χ3n) is 2.68. The van der Waals surface area contributed by atoms with Crippen LogP contribution in [0.3, 0.4) is 0 Å². The Morgan fingerprint density at radius 3 is 2.58 bits per heavy atom. The Hall–Kier alpha value is -1.55. The van der Waals surface area contributed by atoms with Crippen molar-refractivity contribution < 1.29 is 19.1 Å². The quantitative estimate of drug-likeness (QED) is 0.595. The number of hydrogen-bond acceptors (Lipinski definition) is 4. The predicted octanol–water partition coefficient (Wildman–Crippen LogP) is 2.71. The van der Waals surface area contributed by atoms with Crippen LogP contribution in [0.4, 0.5) is 0 Å².